The molecule has 22 heavy (non-hydrogen) atoms. The van der Waals surface area contributed by atoms with Crippen molar-refractivity contribution in [2.24, 2.45) is 5.92 Å². The van der Waals surface area contributed by atoms with Gasteiger partial charge in [-0.2, -0.15) is 0 Å². The molecule has 2 aliphatic heterocycles. The van der Waals surface area contributed by atoms with Gasteiger partial charge in [0.05, 0.1) is 11.5 Å². The van der Waals surface area contributed by atoms with Crippen LogP contribution in [-0.4, -0.2) is 22.6 Å². The van der Waals surface area contributed by atoms with Gasteiger partial charge in [-0.15, -0.1) is 0 Å². The molecule has 1 aromatic rings. The smallest absolute Gasteiger partial charge is 0.234 e. The minimum atomic E-state index is -0.528. The van der Waals surface area contributed by atoms with E-state index in [1.54, 1.807) is 4.90 Å². The van der Waals surface area contributed by atoms with Gasteiger partial charge in [0.25, 0.3) is 0 Å². The summed E-state index contributed by atoms with van der Waals surface area (Å²) in [6, 6.07) is 7.22. The van der Waals surface area contributed by atoms with Gasteiger partial charge in [0.1, 0.15) is 6.04 Å². The Bertz CT molecular complexity index is 589. The largest absolute Gasteiger partial charge is 0.398 e. The van der Waals surface area contributed by atoms with Crippen molar-refractivity contribution in [1.29, 1.82) is 0 Å². The van der Waals surface area contributed by atoms with Crippen LogP contribution in [0.2, 0.25) is 0 Å². The Hall–Kier alpha value is -1.84. The molecule has 0 aromatic heterocycles. The average Bonchev–Trinajstić information content (AvgIpc) is 3.04. The summed E-state index contributed by atoms with van der Waals surface area (Å²) < 4.78 is 0. The molecule has 0 bridgehead atoms. The first kappa shape index (κ1) is 15.1. The molecule has 2 heterocycles. The van der Waals surface area contributed by atoms with Crippen LogP contribution in [0, 0.1) is 5.92 Å². The number of carbonyl (C=O) groups is 2. The molecule has 3 atom stereocenters. The van der Waals surface area contributed by atoms with Gasteiger partial charge in [-0.05, 0) is 19.4 Å². The summed E-state index contributed by atoms with van der Waals surface area (Å²) in [6.07, 6.45) is 5.08. The van der Waals surface area contributed by atoms with Gasteiger partial charge in [0, 0.05) is 11.3 Å². The maximum atomic E-state index is 12.6. The zero-order valence-corrected chi connectivity index (χ0v) is 13.3. The maximum absolute atomic E-state index is 12.6. The molecule has 0 saturated carbocycles. The predicted molar refractivity (Wildman–Crippen MR) is 86.1 cm³/mol. The minimum absolute atomic E-state index is 0.00254. The zero-order valence-electron chi connectivity index (χ0n) is 13.3. The van der Waals surface area contributed by atoms with E-state index in [2.05, 4.69) is 6.92 Å². The number of nitrogens with two attached hydrogens (primary N) is 1. The highest BCUT2D eigenvalue weighted by molar-refractivity contribution is 6.16. The number of benzene rings is 1. The van der Waals surface area contributed by atoms with Crippen molar-refractivity contribution in [1.82, 2.24) is 4.90 Å². The Morgan fingerprint density at radius 3 is 2.50 bits per heavy atom. The molecule has 1 amide bonds. The van der Waals surface area contributed by atoms with Crippen molar-refractivity contribution in [2.75, 3.05) is 5.73 Å². The first-order valence-corrected chi connectivity index (χ1v) is 8.25. The fourth-order valence-corrected chi connectivity index (χ4v) is 3.91. The molecule has 0 radical (unpaired) electrons. The Balaban J connectivity index is 1.73. The van der Waals surface area contributed by atoms with E-state index in [1.165, 1.54) is 6.42 Å². The molecule has 118 valence electrons. The summed E-state index contributed by atoms with van der Waals surface area (Å²) in [4.78, 5) is 26.9. The number of amides is 1. The maximum Gasteiger partial charge on any atom is 0.234 e. The van der Waals surface area contributed by atoms with E-state index in [0.717, 1.165) is 24.8 Å². The Morgan fingerprint density at radius 2 is 1.91 bits per heavy atom. The van der Waals surface area contributed by atoms with E-state index >= 15 is 0 Å². The second kappa shape index (κ2) is 5.41. The Kier molecular flexibility index (Phi) is 3.71. The summed E-state index contributed by atoms with van der Waals surface area (Å²) in [5, 5.41) is 0. The number of para-hydroxylation sites is 1. The first-order valence-electron chi connectivity index (χ1n) is 8.25. The van der Waals surface area contributed by atoms with E-state index in [4.69, 9.17) is 5.73 Å². The highest BCUT2D eigenvalue weighted by Gasteiger charge is 2.73. The van der Waals surface area contributed by atoms with Crippen molar-refractivity contribution < 1.29 is 9.59 Å². The SMILES string of the molecule is CCCCCCC1C(=O)C2N(C1=O)C2(C)c1ccccc1N. The van der Waals surface area contributed by atoms with E-state index in [-0.39, 0.29) is 17.7 Å². The third-order valence-electron chi connectivity index (χ3n) is 5.22. The van der Waals surface area contributed by atoms with Gasteiger partial charge >= 0.3 is 0 Å². The van der Waals surface area contributed by atoms with Gasteiger partial charge in [0.2, 0.25) is 5.91 Å². The van der Waals surface area contributed by atoms with E-state index in [0.29, 0.717) is 12.1 Å². The van der Waals surface area contributed by atoms with Crippen LogP contribution < -0.4 is 5.73 Å². The number of fused-ring (bicyclic) bond motifs is 1. The number of piperidine rings is 1. The topological polar surface area (TPSA) is 63.2 Å². The third kappa shape index (κ3) is 2.04. The lowest BCUT2D eigenvalue weighted by Crippen LogP contribution is -2.32. The van der Waals surface area contributed by atoms with Crippen LogP contribution in [0.15, 0.2) is 24.3 Å². The number of nitrogen functional groups attached to an aromatic ring is 1. The van der Waals surface area contributed by atoms with Gasteiger partial charge in [-0.3, -0.25) is 9.59 Å². The molecule has 3 rings (SSSR count). The fraction of sp³-hybridized carbons (Fsp3) is 0.556. The zero-order chi connectivity index (χ0) is 15.9. The quantitative estimate of drug-likeness (QED) is 0.380. The molecule has 3 unspecified atom stereocenters. The number of unbranched alkanes of at least 4 members (excludes halogenated alkanes) is 3. The number of hydrogen-bond donors (Lipinski definition) is 1. The van der Waals surface area contributed by atoms with Crippen LogP contribution in [0.3, 0.4) is 0 Å². The second-order valence-corrected chi connectivity index (χ2v) is 6.65. The van der Waals surface area contributed by atoms with Crippen molar-refractivity contribution in [3.63, 3.8) is 0 Å². The van der Waals surface area contributed by atoms with Crippen molar-refractivity contribution in [3.05, 3.63) is 29.8 Å². The minimum Gasteiger partial charge on any atom is -0.398 e. The summed E-state index contributed by atoms with van der Waals surface area (Å²) in [5.74, 6) is -0.329. The number of nitrogens with zero attached hydrogens (tertiary/aromatic N) is 1. The Labute approximate surface area is 131 Å². The number of anilines is 1. The summed E-state index contributed by atoms with van der Waals surface area (Å²) in [6.45, 7) is 4.11. The highest BCUT2D eigenvalue weighted by atomic mass is 16.2. The van der Waals surface area contributed by atoms with Gasteiger partial charge in [-0.25, -0.2) is 0 Å². The van der Waals surface area contributed by atoms with Crippen LogP contribution in [0.1, 0.15) is 51.5 Å². The van der Waals surface area contributed by atoms with Gasteiger partial charge in [0.15, 0.2) is 5.78 Å². The number of carbonyl (C=O) groups excluding carboxylic acids is 2. The summed E-state index contributed by atoms with van der Waals surface area (Å²) in [5.41, 5.74) is 7.06. The standard InChI is InChI=1S/C18H24N2O2/c1-3-4-5-6-9-12-15(21)16-18(2,20(16)17(12)22)13-10-7-8-11-14(13)19/h7-8,10-12,16H,3-6,9,19H2,1-2H3. The van der Waals surface area contributed by atoms with E-state index in [9.17, 15) is 9.59 Å². The van der Waals surface area contributed by atoms with Crippen LogP contribution in [-0.2, 0) is 15.1 Å². The molecule has 2 aliphatic rings. The summed E-state index contributed by atoms with van der Waals surface area (Å²) in [7, 11) is 0. The number of Topliss-reactive ketones (excluding diaryl/α,β-unsaturated/α-hetero) is 1. The molecule has 2 N–H and O–H groups in total. The lowest BCUT2D eigenvalue weighted by molar-refractivity contribution is -0.133. The van der Waals surface area contributed by atoms with Crippen LogP contribution in [0.5, 0.6) is 0 Å². The van der Waals surface area contributed by atoms with Gasteiger partial charge in [-0.1, -0.05) is 50.8 Å². The lowest BCUT2D eigenvalue weighted by Gasteiger charge is -2.19. The van der Waals surface area contributed by atoms with Gasteiger partial charge < -0.3 is 10.6 Å². The van der Waals surface area contributed by atoms with E-state index < -0.39 is 11.5 Å². The predicted octanol–water partition coefficient (Wildman–Crippen LogP) is 2.86. The lowest BCUT2D eigenvalue weighted by atomic mass is 9.86. The summed E-state index contributed by atoms with van der Waals surface area (Å²) >= 11 is 0. The highest BCUT2D eigenvalue weighted by Crippen LogP contribution is 2.57. The van der Waals surface area contributed by atoms with Crippen molar-refractivity contribution in [2.45, 2.75) is 57.5 Å². The molecule has 0 spiro atoms. The third-order valence-corrected chi connectivity index (χ3v) is 5.22. The molecule has 2 fully saturated rings. The van der Waals surface area contributed by atoms with Crippen LogP contribution in [0.25, 0.3) is 0 Å². The van der Waals surface area contributed by atoms with Crippen molar-refractivity contribution >= 4 is 17.4 Å². The normalized spacial score (nSPS) is 29.8. The fourth-order valence-electron chi connectivity index (χ4n) is 3.91. The van der Waals surface area contributed by atoms with E-state index in [1.807, 2.05) is 31.2 Å². The number of ketones is 1. The van der Waals surface area contributed by atoms with Crippen LogP contribution in [0.4, 0.5) is 5.69 Å². The molecule has 2 saturated heterocycles. The average molecular weight is 300 g/mol. The molecule has 4 heteroatoms. The first-order chi connectivity index (χ1) is 10.5. The number of rotatable bonds is 6. The molecular formula is C18H24N2O2. The Morgan fingerprint density at radius 1 is 1.18 bits per heavy atom. The van der Waals surface area contributed by atoms with Crippen LogP contribution >= 0.6 is 0 Å². The molecule has 4 nitrogen and oxygen atoms in total. The molecule has 1 aromatic carbocycles. The number of hydrogen-bond acceptors (Lipinski definition) is 3. The molecule has 0 aliphatic carbocycles. The monoisotopic (exact) mass is 300 g/mol. The van der Waals surface area contributed by atoms with Crippen molar-refractivity contribution in [3.8, 4) is 0 Å². The molecular weight excluding hydrogens is 276 g/mol. The second-order valence-electron chi connectivity index (χ2n) is 6.65.